The maximum atomic E-state index is 12.3. The van der Waals surface area contributed by atoms with E-state index in [1.54, 1.807) is 14.2 Å². The molecule has 1 N–H and O–H groups in total. The number of benzene rings is 2. The Labute approximate surface area is 194 Å². The Morgan fingerprint density at radius 3 is 2.42 bits per heavy atom. The Hall–Kier alpha value is -3.02. The number of ketones is 1. The lowest BCUT2D eigenvalue weighted by Crippen LogP contribution is -2.14. The molecule has 6 nitrogen and oxygen atoms in total. The number of methoxy groups -OCH3 is 2. The van der Waals surface area contributed by atoms with Crippen LogP contribution in [0, 0.1) is 5.41 Å². The summed E-state index contributed by atoms with van der Waals surface area (Å²) in [4.78, 5) is 23.0. The van der Waals surface area contributed by atoms with E-state index in [-0.39, 0.29) is 17.6 Å². The van der Waals surface area contributed by atoms with Crippen molar-refractivity contribution in [3.63, 3.8) is 0 Å². The smallest absolute Gasteiger partial charge is 0.303 e. The number of ether oxygens (including phenoxy) is 3. The van der Waals surface area contributed by atoms with Gasteiger partial charge in [0.25, 0.3) is 0 Å². The Morgan fingerprint density at radius 2 is 1.73 bits per heavy atom. The summed E-state index contributed by atoms with van der Waals surface area (Å²) in [5, 5.41) is 8.82. The van der Waals surface area contributed by atoms with Gasteiger partial charge < -0.3 is 19.3 Å². The molecule has 2 aromatic rings. The number of unbranched alkanes of at least 4 members (excludes halogenated alkanes) is 2. The van der Waals surface area contributed by atoms with Crippen LogP contribution < -0.4 is 14.2 Å². The number of carbonyl (C=O) groups excluding carboxylic acids is 1. The van der Waals surface area contributed by atoms with Crippen LogP contribution in [0.2, 0.25) is 0 Å². The lowest BCUT2D eigenvalue weighted by atomic mass is 9.95. The van der Waals surface area contributed by atoms with Crippen LogP contribution in [0.1, 0.15) is 67.3 Å². The van der Waals surface area contributed by atoms with Crippen molar-refractivity contribution in [1.82, 2.24) is 0 Å². The summed E-state index contributed by atoms with van der Waals surface area (Å²) < 4.78 is 17.7. The summed E-state index contributed by atoms with van der Waals surface area (Å²) >= 11 is 0. The molecule has 1 saturated carbocycles. The molecule has 176 valence electrons. The van der Waals surface area contributed by atoms with Crippen molar-refractivity contribution < 1.29 is 28.9 Å². The van der Waals surface area contributed by atoms with Gasteiger partial charge in [-0.25, -0.2) is 0 Å². The standard InChI is InChI=1S/C27H32O6/c1-31-23-13-11-21(18-7-6-8-20-19(18)10-12-22(20)28)25(26(23)32-2)33-17-27(15-16-27)14-5-3-4-9-24(29)30/h6-8,11,13H,3-5,9-10,12,14-17H2,1-2H3,(H,29,30). The van der Waals surface area contributed by atoms with Crippen molar-refractivity contribution in [2.75, 3.05) is 20.8 Å². The first-order valence-electron chi connectivity index (χ1n) is 11.7. The van der Waals surface area contributed by atoms with Gasteiger partial charge >= 0.3 is 5.97 Å². The fourth-order valence-corrected chi connectivity index (χ4v) is 4.82. The van der Waals surface area contributed by atoms with Crippen LogP contribution in [-0.4, -0.2) is 37.7 Å². The molecule has 0 radical (unpaired) electrons. The zero-order chi connectivity index (χ0) is 23.4. The first-order valence-corrected chi connectivity index (χ1v) is 11.7. The second-order valence-electron chi connectivity index (χ2n) is 9.18. The van der Waals surface area contributed by atoms with Crippen molar-refractivity contribution in [1.29, 1.82) is 0 Å². The first kappa shape index (κ1) is 23.1. The average Bonchev–Trinajstić information content (AvgIpc) is 3.49. The maximum Gasteiger partial charge on any atom is 0.303 e. The predicted molar refractivity (Wildman–Crippen MR) is 126 cm³/mol. The summed E-state index contributed by atoms with van der Waals surface area (Å²) in [5.74, 6) is 1.29. The molecule has 1 fully saturated rings. The lowest BCUT2D eigenvalue weighted by Gasteiger charge is -2.22. The molecule has 0 aliphatic heterocycles. The summed E-state index contributed by atoms with van der Waals surface area (Å²) in [5.41, 5.74) is 3.93. The number of aliphatic carboxylic acids is 1. The lowest BCUT2D eigenvalue weighted by molar-refractivity contribution is -0.137. The second-order valence-corrected chi connectivity index (χ2v) is 9.18. The Bertz CT molecular complexity index is 1040. The molecule has 0 bridgehead atoms. The van der Waals surface area contributed by atoms with Gasteiger partial charge in [-0.15, -0.1) is 0 Å². The number of hydrogen-bond donors (Lipinski definition) is 1. The zero-order valence-electron chi connectivity index (χ0n) is 19.4. The Balaban J connectivity index is 1.57. The van der Waals surface area contributed by atoms with Crippen LogP contribution >= 0.6 is 0 Å². The number of fused-ring (bicyclic) bond motifs is 1. The third-order valence-electron chi connectivity index (χ3n) is 6.95. The molecule has 0 saturated heterocycles. The molecular formula is C27H32O6. The van der Waals surface area contributed by atoms with E-state index in [0.717, 1.165) is 67.2 Å². The molecule has 6 heteroatoms. The summed E-state index contributed by atoms with van der Waals surface area (Å²) in [6.45, 7) is 0.580. The predicted octanol–water partition coefficient (Wildman–Crippen LogP) is 5.69. The number of rotatable bonds is 12. The van der Waals surface area contributed by atoms with Crippen molar-refractivity contribution in [2.24, 2.45) is 5.41 Å². The van der Waals surface area contributed by atoms with Gasteiger partial charge in [-0.1, -0.05) is 31.0 Å². The molecule has 2 aliphatic rings. The van der Waals surface area contributed by atoms with E-state index >= 15 is 0 Å². The molecule has 33 heavy (non-hydrogen) atoms. The minimum atomic E-state index is -0.730. The molecular weight excluding hydrogens is 420 g/mol. The number of carbonyl (C=O) groups is 2. The van der Waals surface area contributed by atoms with Gasteiger partial charge in [0.2, 0.25) is 5.75 Å². The summed E-state index contributed by atoms with van der Waals surface area (Å²) in [6, 6.07) is 9.74. The van der Waals surface area contributed by atoms with Gasteiger partial charge in [0.15, 0.2) is 17.3 Å². The number of carboxylic acids is 1. The van der Waals surface area contributed by atoms with Crippen molar-refractivity contribution in [3.05, 3.63) is 41.5 Å². The number of hydrogen-bond acceptors (Lipinski definition) is 5. The fourth-order valence-electron chi connectivity index (χ4n) is 4.82. The number of carboxylic acid groups (broad SMARTS) is 1. The molecule has 0 atom stereocenters. The van der Waals surface area contributed by atoms with Crippen molar-refractivity contribution >= 4 is 11.8 Å². The van der Waals surface area contributed by atoms with Gasteiger partial charge in [0.05, 0.1) is 20.8 Å². The summed E-state index contributed by atoms with van der Waals surface area (Å²) in [6.07, 6.45) is 7.42. The minimum Gasteiger partial charge on any atom is -0.493 e. The molecule has 0 heterocycles. The molecule has 0 aromatic heterocycles. The highest BCUT2D eigenvalue weighted by Gasteiger charge is 2.43. The van der Waals surface area contributed by atoms with E-state index in [9.17, 15) is 9.59 Å². The quantitative estimate of drug-likeness (QED) is 0.416. The Kier molecular flexibility index (Phi) is 6.91. The normalized spacial score (nSPS) is 15.8. The molecule has 0 unspecified atom stereocenters. The molecule has 0 amide bonds. The largest absolute Gasteiger partial charge is 0.493 e. The van der Waals surface area contributed by atoms with Crippen LogP contribution in [0.4, 0.5) is 0 Å². The van der Waals surface area contributed by atoms with E-state index in [2.05, 4.69) is 0 Å². The van der Waals surface area contributed by atoms with E-state index < -0.39 is 5.97 Å². The molecule has 4 rings (SSSR count). The van der Waals surface area contributed by atoms with Crippen molar-refractivity contribution in [3.8, 4) is 28.4 Å². The third-order valence-corrected chi connectivity index (χ3v) is 6.95. The highest BCUT2D eigenvalue weighted by Crippen LogP contribution is 2.52. The van der Waals surface area contributed by atoms with Gasteiger partial charge in [-0.3, -0.25) is 9.59 Å². The maximum absolute atomic E-state index is 12.3. The molecule has 2 aliphatic carbocycles. The van der Waals surface area contributed by atoms with Crippen LogP contribution in [0.25, 0.3) is 11.1 Å². The summed E-state index contributed by atoms with van der Waals surface area (Å²) in [7, 11) is 3.22. The monoisotopic (exact) mass is 452 g/mol. The van der Waals surface area contributed by atoms with Gasteiger partial charge in [0.1, 0.15) is 0 Å². The van der Waals surface area contributed by atoms with Gasteiger partial charge in [0, 0.05) is 29.4 Å². The van der Waals surface area contributed by atoms with E-state index in [1.165, 1.54) is 0 Å². The van der Waals surface area contributed by atoms with Crippen LogP contribution in [-0.2, 0) is 11.2 Å². The average molecular weight is 453 g/mol. The van der Waals surface area contributed by atoms with E-state index in [4.69, 9.17) is 19.3 Å². The van der Waals surface area contributed by atoms with Crippen LogP contribution in [0.5, 0.6) is 17.2 Å². The fraction of sp³-hybridized carbons (Fsp3) is 0.481. The minimum absolute atomic E-state index is 0.142. The van der Waals surface area contributed by atoms with Gasteiger partial charge in [-0.05, 0) is 55.4 Å². The Morgan fingerprint density at radius 1 is 0.939 bits per heavy atom. The first-order chi connectivity index (χ1) is 16.0. The second kappa shape index (κ2) is 9.86. The zero-order valence-corrected chi connectivity index (χ0v) is 19.4. The topological polar surface area (TPSA) is 82.1 Å². The van der Waals surface area contributed by atoms with Gasteiger partial charge in [-0.2, -0.15) is 0 Å². The number of Topliss-reactive ketones (excluding diaryl/α,β-unsaturated/α-hetero) is 1. The van der Waals surface area contributed by atoms with E-state index in [1.807, 2.05) is 30.3 Å². The van der Waals surface area contributed by atoms with Crippen LogP contribution in [0.3, 0.4) is 0 Å². The highest BCUT2D eigenvalue weighted by molar-refractivity contribution is 6.02. The van der Waals surface area contributed by atoms with Crippen LogP contribution in [0.15, 0.2) is 30.3 Å². The van der Waals surface area contributed by atoms with E-state index in [0.29, 0.717) is 30.3 Å². The highest BCUT2D eigenvalue weighted by atomic mass is 16.5. The molecule has 0 spiro atoms. The third kappa shape index (κ3) is 5.00. The van der Waals surface area contributed by atoms with Crippen molar-refractivity contribution in [2.45, 2.75) is 57.8 Å². The molecule has 2 aromatic carbocycles. The SMILES string of the molecule is COc1ccc(-c2cccc3c2CCC3=O)c(OCC2(CCCCCC(=O)O)CC2)c1OC.